The van der Waals surface area contributed by atoms with Gasteiger partial charge in [-0.1, -0.05) is 29.0 Å². The van der Waals surface area contributed by atoms with Gasteiger partial charge in [-0.2, -0.15) is 0 Å². The van der Waals surface area contributed by atoms with Gasteiger partial charge < -0.3 is 9.84 Å². The van der Waals surface area contributed by atoms with Gasteiger partial charge in [0.05, 0.1) is 11.0 Å². The van der Waals surface area contributed by atoms with Crippen LogP contribution in [0.3, 0.4) is 0 Å². The Morgan fingerprint density at radius 3 is 2.60 bits per heavy atom. The minimum atomic E-state index is -0.754. The number of hydrogen-bond acceptors (Lipinski definition) is 5. The number of aliphatic hydroxyl groups is 1. The second-order valence-electron chi connectivity index (χ2n) is 4.63. The van der Waals surface area contributed by atoms with Crippen LogP contribution >= 0.6 is 11.3 Å². The van der Waals surface area contributed by atoms with Gasteiger partial charge in [0.1, 0.15) is 5.75 Å². The van der Waals surface area contributed by atoms with E-state index in [1.165, 1.54) is 6.07 Å². The number of nitro groups is 1. The average Bonchev–Trinajstić information content (AvgIpc) is 2.77. The molecular weight excluding hydrogens is 278 g/mol. The lowest BCUT2D eigenvalue weighted by molar-refractivity contribution is -0.385. The molecule has 2 aromatic rings. The zero-order chi connectivity index (χ0) is 14.9. The smallest absolute Gasteiger partial charge is 0.323 e. The summed E-state index contributed by atoms with van der Waals surface area (Å²) in [6.45, 7) is 5.42. The minimum Gasteiger partial charge on any atom is -0.440 e. The fraction of sp³-hybridized carbons (Fsp3) is 0.286. The maximum Gasteiger partial charge on any atom is 0.323 e. The first-order valence-electron chi connectivity index (χ1n) is 6.09. The molecule has 1 aromatic heterocycles. The second-order valence-corrected chi connectivity index (χ2v) is 5.67. The highest BCUT2D eigenvalue weighted by Gasteiger charge is 2.23. The van der Waals surface area contributed by atoms with Crippen LogP contribution < -0.4 is 4.74 Å². The number of aliphatic hydroxyl groups excluding tert-OH is 1. The van der Waals surface area contributed by atoms with Crippen LogP contribution in [-0.2, 0) is 0 Å². The molecule has 20 heavy (non-hydrogen) atoms. The molecule has 0 saturated carbocycles. The molecule has 1 N–H and O–H groups in total. The first-order chi connectivity index (χ1) is 9.38. The number of ether oxygens (including phenoxy) is 1. The number of nitrogens with zero attached hydrogens (tertiary/aromatic N) is 1. The zero-order valence-corrected chi connectivity index (χ0v) is 12.2. The van der Waals surface area contributed by atoms with Gasteiger partial charge in [0, 0.05) is 10.9 Å². The molecule has 2 rings (SSSR count). The van der Waals surface area contributed by atoms with E-state index in [0.29, 0.717) is 10.6 Å². The standard InChI is InChI=1S/C14H15NO4S/c1-8-4-5-12(9(2)6-8)19-14-11(15(17)18)7-13(20-14)10(3)16/h4-7,10,16H,1-3H3/t10-/m1/s1. The second kappa shape index (κ2) is 5.60. The quantitative estimate of drug-likeness (QED) is 0.680. The van der Waals surface area contributed by atoms with Crippen molar-refractivity contribution in [3.63, 3.8) is 0 Å². The fourth-order valence-corrected chi connectivity index (χ4v) is 2.73. The number of benzene rings is 1. The van der Waals surface area contributed by atoms with Gasteiger partial charge in [0.15, 0.2) is 0 Å². The van der Waals surface area contributed by atoms with Crippen molar-refractivity contribution in [1.82, 2.24) is 0 Å². The number of thiophene rings is 1. The van der Waals surface area contributed by atoms with Gasteiger partial charge in [-0.25, -0.2) is 0 Å². The molecule has 0 bridgehead atoms. The Morgan fingerprint density at radius 2 is 2.05 bits per heavy atom. The van der Waals surface area contributed by atoms with Crippen LogP contribution in [0.5, 0.6) is 10.8 Å². The predicted octanol–water partition coefficient (Wildman–Crippen LogP) is 4.12. The van der Waals surface area contributed by atoms with E-state index in [1.54, 1.807) is 13.0 Å². The monoisotopic (exact) mass is 293 g/mol. The van der Waals surface area contributed by atoms with Crippen molar-refractivity contribution < 1.29 is 14.8 Å². The Kier molecular flexibility index (Phi) is 4.06. The largest absolute Gasteiger partial charge is 0.440 e. The molecule has 1 aromatic carbocycles. The average molecular weight is 293 g/mol. The van der Waals surface area contributed by atoms with Gasteiger partial charge in [0.2, 0.25) is 0 Å². The third-order valence-corrected chi connectivity index (χ3v) is 4.01. The summed E-state index contributed by atoms with van der Waals surface area (Å²) in [6, 6.07) is 6.98. The van der Waals surface area contributed by atoms with Crippen molar-refractivity contribution in [3.8, 4) is 10.8 Å². The lowest BCUT2D eigenvalue weighted by Crippen LogP contribution is -1.91. The summed E-state index contributed by atoms with van der Waals surface area (Å²) in [6.07, 6.45) is -0.754. The molecule has 0 unspecified atom stereocenters. The highest BCUT2D eigenvalue weighted by Crippen LogP contribution is 2.42. The summed E-state index contributed by atoms with van der Waals surface area (Å²) in [5.74, 6) is 0.581. The summed E-state index contributed by atoms with van der Waals surface area (Å²) >= 11 is 1.09. The van der Waals surface area contributed by atoms with Crippen LogP contribution in [0.25, 0.3) is 0 Å². The van der Waals surface area contributed by atoms with Crippen LogP contribution in [0.1, 0.15) is 29.0 Å². The van der Waals surface area contributed by atoms with Crippen molar-refractivity contribution in [3.05, 3.63) is 50.4 Å². The molecule has 1 heterocycles. The molecule has 0 fully saturated rings. The van der Waals surface area contributed by atoms with Gasteiger partial charge in [0.25, 0.3) is 5.06 Å². The summed E-state index contributed by atoms with van der Waals surface area (Å²) in [5, 5.41) is 20.8. The van der Waals surface area contributed by atoms with Gasteiger partial charge in [-0.3, -0.25) is 10.1 Å². The van der Waals surface area contributed by atoms with Crippen LogP contribution in [0.4, 0.5) is 5.69 Å². The van der Waals surface area contributed by atoms with Gasteiger partial charge in [-0.15, -0.1) is 0 Å². The fourth-order valence-electron chi connectivity index (χ4n) is 1.80. The SMILES string of the molecule is Cc1ccc(Oc2sc([C@@H](C)O)cc2[N+](=O)[O-])c(C)c1. The van der Waals surface area contributed by atoms with E-state index in [2.05, 4.69) is 0 Å². The topological polar surface area (TPSA) is 72.6 Å². The molecule has 0 spiro atoms. The Balaban J connectivity index is 2.39. The molecule has 0 aliphatic rings. The third kappa shape index (κ3) is 2.97. The Labute approximate surface area is 120 Å². The van der Waals surface area contributed by atoms with E-state index < -0.39 is 11.0 Å². The van der Waals surface area contributed by atoms with Crippen LogP contribution in [0.15, 0.2) is 24.3 Å². The summed E-state index contributed by atoms with van der Waals surface area (Å²) < 4.78 is 5.65. The van der Waals surface area contributed by atoms with Gasteiger partial charge >= 0.3 is 5.69 Å². The number of aryl methyl sites for hydroxylation is 2. The number of hydrogen-bond donors (Lipinski definition) is 1. The summed E-state index contributed by atoms with van der Waals surface area (Å²) in [5.41, 5.74) is 1.89. The van der Waals surface area contributed by atoms with Crippen molar-refractivity contribution in [2.45, 2.75) is 26.9 Å². The van der Waals surface area contributed by atoms with E-state index in [4.69, 9.17) is 4.74 Å². The number of rotatable bonds is 4. The zero-order valence-electron chi connectivity index (χ0n) is 11.4. The Hall–Kier alpha value is -1.92. The first-order valence-corrected chi connectivity index (χ1v) is 6.91. The molecule has 6 heteroatoms. The van der Waals surface area contributed by atoms with E-state index in [-0.39, 0.29) is 10.8 Å². The highest BCUT2D eigenvalue weighted by molar-refractivity contribution is 7.14. The lowest BCUT2D eigenvalue weighted by Gasteiger charge is -2.07. The van der Waals surface area contributed by atoms with Crippen molar-refractivity contribution in [2.75, 3.05) is 0 Å². The Morgan fingerprint density at radius 1 is 1.35 bits per heavy atom. The van der Waals surface area contributed by atoms with Crippen LogP contribution in [0, 0.1) is 24.0 Å². The molecule has 5 nitrogen and oxygen atoms in total. The predicted molar refractivity (Wildman–Crippen MR) is 77.6 cm³/mol. The van der Waals surface area contributed by atoms with Crippen LogP contribution in [-0.4, -0.2) is 10.0 Å². The minimum absolute atomic E-state index is 0.120. The molecule has 0 radical (unpaired) electrons. The molecule has 0 aliphatic carbocycles. The first kappa shape index (κ1) is 14.5. The normalized spacial score (nSPS) is 12.2. The third-order valence-electron chi connectivity index (χ3n) is 2.84. The Bertz CT molecular complexity index is 649. The molecular formula is C14H15NO4S. The lowest BCUT2D eigenvalue weighted by atomic mass is 10.1. The van der Waals surface area contributed by atoms with E-state index in [9.17, 15) is 15.2 Å². The van der Waals surface area contributed by atoms with E-state index >= 15 is 0 Å². The van der Waals surface area contributed by atoms with E-state index in [0.717, 1.165) is 22.5 Å². The maximum absolute atomic E-state index is 11.0. The van der Waals surface area contributed by atoms with Gasteiger partial charge in [-0.05, 0) is 32.4 Å². The maximum atomic E-state index is 11.0. The summed E-state index contributed by atoms with van der Waals surface area (Å²) in [7, 11) is 0. The van der Waals surface area contributed by atoms with Crippen molar-refractivity contribution in [1.29, 1.82) is 0 Å². The van der Waals surface area contributed by atoms with Crippen LogP contribution in [0.2, 0.25) is 0 Å². The van der Waals surface area contributed by atoms with Crippen molar-refractivity contribution >= 4 is 17.0 Å². The highest BCUT2D eigenvalue weighted by atomic mass is 32.1. The summed E-state index contributed by atoms with van der Waals surface area (Å²) in [4.78, 5) is 11.0. The van der Waals surface area contributed by atoms with Crippen molar-refractivity contribution in [2.24, 2.45) is 0 Å². The molecule has 106 valence electrons. The molecule has 1 atom stereocenters. The molecule has 0 aliphatic heterocycles. The molecule has 0 amide bonds. The molecule has 0 saturated heterocycles. The van der Waals surface area contributed by atoms with E-state index in [1.807, 2.05) is 26.0 Å².